The van der Waals surface area contributed by atoms with Crippen LogP contribution in [0.2, 0.25) is 0 Å². The highest BCUT2D eigenvalue weighted by atomic mass is 16.5. The van der Waals surface area contributed by atoms with E-state index in [0.29, 0.717) is 18.3 Å². The van der Waals surface area contributed by atoms with Crippen molar-refractivity contribution in [2.75, 3.05) is 19.8 Å². The molecule has 16 heavy (non-hydrogen) atoms. The second kappa shape index (κ2) is 5.82. The van der Waals surface area contributed by atoms with E-state index in [1.165, 1.54) is 0 Å². The Labute approximate surface area is 95.2 Å². The first-order valence-corrected chi connectivity index (χ1v) is 5.65. The van der Waals surface area contributed by atoms with Crippen molar-refractivity contribution in [3.05, 3.63) is 24.5 Å². The van der Waals surface area contributed by atoms with Gasteiger partial charge in [-0.25, -0.2) is 0 Å². The summed E-state index contributed by atoms with van der Waals surface area (Å²) in [5, 5.41) is 9.93. The van der Waals surface area contributed by atoms with Crippen LogP contribution in [-0.2, 0) is 4.74 Å². The lowest BCUT2D eigenvalue weighted by atomic mass is 9.94. The maximum Gasteiger partial charge on any atom is 0.137 e. The minimum absolute atomic E-state index is 0.297. The van der Waals surface area contributed by atoms with E-state index >= 15 is 0 Å². The van der Waals surface area contributed by atoms with Gasteiger partial charge in [0.1, 0.15) is 12.4 Å². The van der Waals surface area contributed by atoms with E-state index in [0.717, 1.165) is 26.1 Å². The monoisotopic (exact) mass is 223 g/mol. The van der Waals surface area contributed by atoms with Gasteiger partial charge in [-0.2, -0.15) is 0 Å². The largest absolute Gasteiger partial charge is 0.489 e. The van der Waals surface area contributed by atoms with E-state index in [-0.39, 0.29) is 0 Å². The van der Waals surface area contributed by atoms with Gasteiger partial charge in [-0.3, -0.25) is 4.98 Å². The van der Waals surface area contributed by atoms with Crippen molar-refractivity contribution in [1.29, 1.82) is 0 Å². The Morgan fingerprint density at radius 3 is 3.00 bits per heavy atom. The van der Waals surface area contributed by atoms with Crippen molar-refractivity contribution in [3.8, 4) is 5.75 Å². The molecule has 0 aromatic carbocycles. The van der Waals surface area contributed by atoms with Gasteiger partial charge in [0, 0.05) is 19.4 Å². The van der Waals surface area contributed by atoms with Crippen LogP contribution in [0.4, 0.5) is 0 Å². The summed E-state index contributed by atoms with van der Waals surface area (Å²) in [6, 6.07) is 3.65. The van der Waals surface area contributed by atoms with Crippen molar-refractivity contribution in [3.63, 3.8) is 0 Å². The average molecular weight is 223 g/mol. The van der Waals surface area contributed by atoms with Gasteiger partial charge >= 0.3 is 0 Å². The number of rotatable bonds is 4. The molecule has 0 amide bonds. The number of pyridine rings is 1. The number of aliphatic hydroxyl groups is 1. The number of hydrogen-bond acceptors (Lipinski definition) is 4. The predicted molar refractivity (Wildman–Crippen MR) is 59.3 cm³/mol. The first kappa shape index (κ1) is 11.4. The van der Waals surface area contributed by atoms with E-state index < -0.39 is 6.10 Å². The van der Waals surface area contributed by atoms with Crippen molar-refractivity contribution >= 4 is 0 Å². The fourth-order valence-electron chi connectivity index (χ4n) is 1.85. The molecule has 2 rings (SSSR count). The van der Waals surface area contributed by atoms with Crippen LogP contribution in [0.25, 0.3) is 0 Å². The number of hydrogen-bond donors (Lipinski definition) is 1. The average Bonchev–Trinajstić information content (AvgIpc) is 2.38. The third-order valence-electron chi connectivity index (χ3n) is 2.87. The van der Waals surface area contributed by atoms with Crippen LogP contribution in [0.1, 0.15) is 12.8 Å². The van der Waals surface area contributed by atoms with Gasteiger partial charge in [-0.1, -0.05) is 0 Å². The normalized spacial score (nSPS) is 19.3. The Hall–Kier alpha value is -1.13. The van der Waals surface area contributed by atoms with E-state index in [4.69, 9.17) is 9.47 Å². The van der Waals surface area contributed by atoms with Gasteiger partial charge in [-0.05, 0) is 30.9 Å². The molecule has 1 fully saturated rings. The molecule has 0 bridgehead atoms. The third-order valence-corrected chi connectivity index (χ3v) is 2.87. The molecule has 1 aromatic rings. The SMILES string of the molecule is OC(COc1cccnc1)C1CCOCC1. The molecule has 1 aliphatic rings. The Morgan fingerprint density at radius 2 is 2.31 bits per heavy atom. The lowest BCUT2D eigenvalue weighted by Crippen LogP contribution is -2.31. The zero-order chi connectivity index (χ0) is 11.2. The molecule has 0 radical (unpaired) electrons. The summed E-state index contributed by atoms with van der Waals surface area (Å²) in [4.78, 5) is 3.95. The van der Waals surface area contributed by atoms with Gasteiger partial charge in [0.15, 0.2) is 0 Å². The summed E-state index contributed by atoms with van der Waals surface area (Å²) in [7, 11) is 0. The van der Waals surface area contributed by atoms with Crippen LogP contribution in [0.3, 0.4) is 0 Å². The minimum atomic E-state index is -0.413. The number of aliphatic hydroxyl groups excluding tert-OH is 1. The lowest BCUT2D eigenvalue weighted by molar-refractivity contribution is -0.0101. The van der Waals surface area contributed by atoms with Crippen molar-refractivity contribution in [2.24, 2.45) is 5.92 Å². The summed E-state index contributed by atoms with van der Waals surface area (Å²) >= 11 is 0. The fourth-order valence-corrected chi connectivity index (χ4v) is 1.85. The maximum absolute atomic E-state index is 9.93. The highest BCUT2D eigenvalue weighted by molar-refractivity contribution is 5.15. The first-order valence-electron chi connectivity index (χ1n) is 5.65. The van der Waals surface area contributed by atoms with Crippen LogP contribution >= 0.6 is 0 Å². The van der Waals surface area contributed by atoms with Crippen molar-refractivity contribution in [1.82, 2.24) is 4.98 Å². The smallest absolute Gasteiger partial charge is 0.137 e. The summed E-state index contributed by atoms with van der Waals surface area (Å²) in [6.07, 6.45) is 4.76. The van der Waals surface area contributed by atoms with E-state index in [1.807, 2.05) is 12.1 Å². The topological polar surface area (TPSA) is 51.6 Å². The molecule has 1 atom stereocenters. The van der Waals surface area contributed by atoms with Crippen LogP contribution < -0.4 is 4.74 Å². The quantitative estimate of drug-likeness (QED) is 0.834. The molecule has 1 N–H and O–H groups in total. The minimum Gasteiger partial charge on any atom is -0.489 e. The second-order valence-electron chi connectivity index (χ2n) is 4.02. The lowest BCUT2D eigenvalue weighted by Gasteiger charge is -2.26. The molecular weight excluding hydrogens is 206 g/mol. The van der Waals surface area contributed by atoms with Gasteiger partial charge < -0.3 is 14.6 Å². The Morgan fingerprint density at radius 1 is 1.50 bits per heavy atom. The Bertz CT molecular complexity index is 298. The molecule has 88 valence electrons. The summed E-state index contributed by atoms with van der Waals surface area (Å²) in [6.45, 7) is 1.82. The molecule has 1 saturated heterocycles. The Kier molecular flexibility index (Phi) is 4.13. The molecule has 0 aliphatic carbocycles. The maximum atomic E-state index is 9.93. The molecule has 1 aromatic heterocycles. The number of ether oxygens (including phenoxy) is 2. The second-order valence-corrected chi connectivity index (χ2v) is 4.02. The first-order chi connectivity index (χ1) is 7.86. The summed E-state index contributed by atoms with van der Waals surface area (Å²) < 4.78 is 10.7. The molecule has 4 nitrogen and oxygen atoms in total. The fraction of sp³-hybridized carbons (Fsp3) is 0.583. The van der Waals surface area contributed by atoms with E-state index in [1.54, 1.807) is 12.4 Å². The molecular formula is C12H17NO3. The standard InChI is InChI=1S/C12H17NO3/c14-12(10-3-6-15-7-4-10)9-16-11-2-1-5-13-8-11/h1-2,5,8,10,12,14H,3-4,6-7,9H2. The highest BCUT2D eigenvalue weighted by Gasteiger charge is 2.22. The van der Waals surface area contributed by atoms with E-state index in [2.05, 4.69) is 4.98 Å². The third kappa shape index (κ3) is 3.18. The van der Waals surface area contributed by atoms with Gasteiger partial charge in [-0.15, -0.1) is 0 Å². The number of aromatic nitrogens is 1. The number of nitrogens with zero attached hydrogens (tertiary/aromatic N) is 1. The van der Waals surface area contributed by atoms with Gasteiger partial charge in [0.05, 0.1) is 12.3 Å². The molecule has 1 unspecified atom stereocenters. The van der Waals surface area contributed by atoms with Crippen molar-refractivity contribution < 1.29 is 14.6 Å². The van der Waals surface area contributed by atoms with E-state index in [9.17, 15) is 5.11 Å². The van der Waals surface area contributed by atoms with Gasteiger partial charge in [0.2, 0.25) is 0 Å². The molecule has 2 heterocycles. The summed E-state index contributed by atoms with van der Waals surface area (Å²) in [5.41, 5.74) is 0. The zero-order valence-electron chi connectivity index (χ0n) is 9.21. The Balaban J connectivity index is 1.76. The predicted octanol–water partition coefficient (Wildman–Crippen LogP) is 1.25. The van der Waals surface area contributed by atoms with Crippen molar-refractivity contribution in [2.45, 2.75) is 18.9 Å². The van der Waals surface area contributed by atoms with Crippen LogP contribution in [0.5, 0.6) is 5.75 Å². The van der Waals surface area contributed by atoms with Gasteiger partial charge in [0.25, 0.3) is 0 Å². The van der Waals surface area contributed by atoms with Crippen LogP contribution in [-0.4, -0.2) is 36.0 Å². The molecule has 1 aliphatic heterocycles. The van der Waals surface area contributed by atoms with Crippen LogP contribution in [0.15, 0.2) is 24.5 Å². The summed E-state index contributed by atoms with van der Waals surface area (Å²) in [5.74, 6) is 0.999. The highest BCUT2D eigenvalue weighted by Crippen LogP contribution is 2.19. The molecule has 0 spiro atoms. The molecule has 0 saturated carbocycles. The zero-order valence-corrected chi connectivity index (χ0v) is 9.21. The molecule has 4 heteroatoms. The van der Waals surface area contributed by atoms with Crippen LogP contribution in [0, 0.1) is 5.92 Å².